The smallest absolute Gasteiger partial charge is 0.224 e. The highest BCUT2D eigenvalue weighted by atomic mass is 16.3. The van der Waals surface area contributed by atoms with Gasteiger partial charge in [0.05, 0.1) is 6.42 Å². The summed E-state index contributed by atoms with van der Waals surface area (Å²) in [5, 5.41) is 11.8. The van der Waals surface area contributed by atoms with Crippen LogP contribution in [0.15, 0.2) is 24.5 Å². The number of pyridine rings is 1. The maximum absolute atomic E-state index is 11.6. The van der Waals surface area contributed by atoms with Crippen LogP contribution in [0, 0.1) is 5.41 Å². The summed E-state index contributed by atoms with van der Waals surface area (Å²) >= 11 is 0. The van der Waals surface area contributed by atoms with E-state index >= 15 is 0 Å². The summed E-state index contributed by atoms with van der Waals surface area (Å²) < 4.78 is 0. The Morgan fingerprint density at radius 1 is 1.44 bits per heavy atom. The molecule has 1 aromatic heterocycles. The van der Waals surface area contributed by atoms with Gasteiger partial charge in [-0.25, -0.2) is 0 Å². The number of rotatable bonds is 5. The van der Waals surface area contributed by atoms with Crippen molar-refractivity contribution in [3.63, 3.8) is 0 Å². The summed E-state index contributed by atoms with van der Waals surface area (Å²) in [6.07, 6.45) is 3.69. The molecule has 4 heteroatoms. The number of hydrogen-bond acceptors (Lipinski definition) is 3. The summed E-state index contributed by atoms with van der Waals surface area (Å²) in [6, 6.07) is 3.63. The van der Waals surface area contributed by atoms with Crippen LogP contribution < -0.4 is 5.32 Å². The Balaban J connectivity index is 2.38. The molecule has 0 saturated heterocycles. The van der Waals surface area contributed by atoms with Gasteiger partial charge < -0.3 is 10.4 Å². The molecule has 1 rings (SSSR count). The highest BCUT2D eigenvalue weighted by Crippen LogP contribution is 2.11. The second-order valence-corrected chi connectivity index (χ2v) is 4.63. The van der Waals surface area contributed by atoms with Crippen LogP contribution in [0.2, 0.25) is 0 Å². The van der Waals surface area contributed by atoms with Gasteiger partial charge in [0, 0.05) is 31.0 Å². The highest BCUT2D eigenvalue weighted by molar-refractivity contribution is 5.78. The standard InChI is InChI=1S/C12H18N2O2/c1-12(2,9-15)8-14-11(16)7-10-3-5-13-6-4-10/h3-6,15H,7-9H2,1-2H3,(H,14,16). The zero-order valence-corrected chi connectivity index (χ0v) is 9.73. The fraction of sp³-hybridized carbons (Fsp3) is 0.500. The summed E-state index contributed by atoms with van der Waals surface area (Å²) in [6.45, 7) is 4.34. The second-order valence-electron chi connectivity index (χ2n) is 4.63. The molecule has 0 aliphatic heterocycles. The number of carbonyl (C=O) groups excluding carboxylic acids is 1. The predicted molar refractivity (Wildman–Crippen MR) is 61.8 cm³/mol. The maximum Gasteiger partial charge on any atom is 0.224 e. The van der Waals surface area contributed by atoms with Crippen molar-refractivity contribution in [3.8, 4) is 0 Å². The highest BCUT2D eigenvalue weighted by Gasteiger charge is 2.17. The van der Waals surface area contributed by atoms with E-state index in [1.165, 1.54) is 0 Å². The Kier molecular flexibility index (Phi) is 4.43. The average molecular weight is 222 g/mol. The molecule has 0 spiro atoms. The minimum atomic E-state index is -0.270. The molecule has 88 valence electrons. The molecule has 0 saturated carbocycles. The van der Waals surface area contributed by atoms with Gasteiger partial charge in [0.15, 0.2) is 0 Å². The fourth-order valence-electron chi connectivity index (χ4n) is 1.14. The summed E-state index contributed by atoms with van der Waals surface area (Å²) in [5.41, 5.74) is 0.669. The van der Waals surface area contributed by atoms with E-state index in [-0.39, 0.29) is 17.9 Å². The molecule has 0 aliphatic rings. The first-order chi connectivity index (χ1) is 7.53. The average Bonchev–Trinajstić information content (AvgIpc) is 2.28. The molecule has 2 N–H and O–H groups in total. The van der Waals surface area contributed by atoms with Gasteiger partial charge in [-0.3, -0.25) is 9.78 Å². The minimum absolute atomic E-state index is 0.0345. The lowest BCUT2D eigenvalue weighted by molar-refractivity contribution is -0.121. The molecule has 1 heterocycles. The van der Waals surface area contributed by atoms with Crippen LogP contribution in [0.4, 0.5) is 0 Å². The van der Waals surface area contributed by atoms with Crippen molar-refractivity contribution in [1.82, 2.24) is 10.3 Å². The van der Waals surface area contributed by atoms with E-state index in [0.717, 1.165) is 5.56 Å². The summed E-state index contributed by atoms with van der Waals surface area (Å²) in [7, 11) is 0. The predicted octanol–water partition coefficient (Wildman–Crippen LogP) is 0.759. The molecule has 1 aromatic rings. The maximum atomic E-state index is 11.6. The molecule has 0 fully saturated rings. The van der Waals surface area contributed by atoms with Gasteiger partial charge in [0.1, 0.15) is 0 Å². The fourth-order valence-corrected chi connectivity index (χ4v) is 1.14. The molecule has 0 unspecified atom stereocenters. The van der Waals surface area contributed by atoms with Gasteiger partial charge in [-0.05, 0) is 17.7 Å². The van der Waals surface area contributed by atoms with Crippen molar-refractivity contribution in [1.29, 1.82) is 0 Å². The molecule has 16 heavy (non-hydrogen) atoms. The second kappa shape index (κ2) is 5.61. The van der Waals surface area contributed by atoms with Gasteiger partial charge >= 0.3 is 0 Å². The van der Waals surface area contributed by atoms with Gasteiger partial charge in [0.25, 0.3) is 0 Å². The molecule has 4 nitrogen and oxygen atoms in total. The van der Waals surface area contributed by atoms with Crippen molar-refractivity contribution < 1.29 is 9.90 Å². The third-order valence-electron chi connectivity index (χ3n) is 2.31. The minimum Gasteiger partial charge on any atom is -0.396 e. The summed E-state index contributed by atoms with van der Waals surface area (Å²) in [4.78, 5) is 15.4. The number of nitrogens with one attached hydrogen (secondary N) is 1. The first-order valence-corrected chi connectivity index (χ1v) is 5.30. The van der Waals surface area contributed by atoms with Crippen LogP contribution in [-0.2, 0) is 11.2 Å². The molecule has 1 amide bonds. The van der Waals surface area contributed by atoms with Crippen molar-refractivity contribution in [2.75, 3.05) is 13.2 Å². The number of nitrogens with zero attached hydrogens (tertiary/aromatic N) is 1. The van der Waals surface area contributed by atoms with E-state index < -0.39 is 0 Å². The number of amides is 1. The van der Waals surface area contributed by atoms with Gasteiger partial charge in [-0.1, -0.05) is 13.8 Å². The van der Waals surface area contributed by atoms with E-state index in [4.69, 9.17) is 5.11 Å². The van der Waals surface area contributed by atoms with Crippen molar-refractivity contribution in [2.45, 2.75) is 20.3 Å². The first kappa shape index (κ1) is 12.6. The third-order valence-corrected chi connectivity index (χ3v) is 2.31. The van der Waals surface area contributed by atoms with Crippen molar-refractivity contribution in [3.05, 3.63) is 30.1 Å². The number of aliphatic hydroxyl groups is 1. The molecular weight excluding hydrogens is 204 g/mol. The number of carbonyl (C=O) groups is 1. The molecule has 0 aliphatic carbocycles. The zero-order chi connectivity index (χ0) is 12.0. The van der Waals surface area contributed by atoms with Crippen LogP contribution in [0.5, 0.6) is 0 Å². The van der Waals surface area contributed by atoms with Gasteiger partial charge in [-0.2, -0.15) is 0 Å². The Hall–Kier alpha value is -1.42. The van der Waals surface area contributed by atoms with Crippen molar-refractivity contribution >= 4 is 5.91 Å². The van der Waals surface area contributed by atoms with E-state index in [2.05, 4.69) is 10.3 Å². The van der Waals surface area contributed by atoms with Gasteiger partial charge in [0.2, 0.25) is 5.91 Å². The Morgan fingerprint density at radius 3 is 2.62 bits per heavy atom. The molecular formula is C12H18N2O2. The molecule has 0 radical (unpaired) electrons. The Labute approximate surface area is 95.7 Å². The monoisotopic (exact) mass is 222 g/mol. The van der Waals surface area contributed by atoms with E-state index in [0.29, 0.717) is 13.0 Å². The lowest BCUT2D eigenvalue weighted by Gasteiger charge is -2.21. The first-order valence-electron chi connectivity index (χ1n) is 5.30. The lowest BCUT2D eigenvalue weighted by Crippen LogP contribution is -2.36. The molecule has 0 atom stereocenters. The third kappa shape index (κ3) is 4.40. The topological polar surface area (TPSA) is 62.2 Å². The van der Waals surface area contributed by atoms with Crippen LogP contribution >= 0.6 is 0 Å². The zero-order valence-electron chi connectivity index (χ0n) is 9.73. The van der Waals surface area contributed by atoms with E-state index in [9.17, 15) is 4.79 Å². The molecule has 0 bridgehead atoms. The number of aliphatic hydroxyl groups excluding tert-OH is 1. The Bertz CT molecular complexity index is 336. The number of hydrogen-bond donors (Lipinski definition) is 2. The van der Waals surface area contributed by atoms with Crippen LogP contribution in [-0.4, -0.2) is 29.1 Å². The van der Waals surface area contributed by atoms with Crippen LogP contribution in [0.25, 0.3) is 0 Å². The van der Waals surface area contributed by atoms with Crippen LogP contribution in [0.3, 0.4) is 0 Å². The van der Waals surface area contributed by atoms with Crippen molar-refractivity contribution in [2.24, 2.45) is 5.41 Å². The molecule has 0 aromatic carbocycles. The normalized spacial score (nSPS) is 11.2. The van der Waals surface area contributed by atoms with E-state index in [1.54, 1.807) is 12.4 Å². The van der Waals surface area contributed by atoms with Gasteiger partial charge in [-0.15, -0.1) is 0 Å². The lowest BCUT2D eigenvalue weighted by atomic mass is 9.95. The Morgan fingerprint density at radius 2 is 2.06 bits per heavy atom. The van der Waals surface area contributed by atoms with Crippen LogP contribution in [0.1, 0.15) is 19.4 Å². The van der Waals surface area contributed by atoms with E-state index in [1.807, 2.05) is 26.0 Å². The summed E-state index contributed by atoms with van der Waals surface area (Å²) in [5.74, 6) is -0.0345. The number of aromatic nitrogens is 1. The SMILES string of the molecule is CC(C)(CO)CNC(=O)Cc1ccncc1. The largest absolute Gasteiger partial charge is 0.396 e. The quantitative estimate of drug-likeness (QED) is 0.773.